The average Bonchev–Trinajstić information content (AvgIpc) is 2.87. The van der Waals surface area contributed by atoms with Gasteiger partial charge in [-0.3, -0.25) is 9.59 Å². The van der Waals surface area contributed by atoms with Crippen molar-refractivity contribution in [2.24, 2.45) is 0 Å². The monoisotopic (exact) mass is 269 g/mol. The van der Waals surface area contributed by atoms with E-state index in [2.05, 4.69) is 10.3 Å². The number of ether oxygens (including phenoxy) is 1. The molecular weight excluding hydrogens is 258 g/mol. The molecule has 1 aliphatic heterocycles. The van der Waals surface area contributed by atoms with E-state index in [4.69, 9.17) is 4.74 Å². The van der Waals surface area contributed by atoms with Crippen LogP contribution in [0.5, 0.6) is 0 Å². The van der Waals surface area contributed by atoms with Crippen molar-refractivity contribution in [1.29, 1.82) is 0 Å². The van der Waals surface area contributed by atoms with Gasteiger partial charge in [0.25, 0.3) is 5.91 Å². The molecule has 8 heteroatoms. The third kappa shape index (κ3) is 2.48. The van der Waals surface area contributed by atoms with Gasteiger partial charge in [0.05, 0.1) is 25.3 Å². The second-order valence-electron chi connectivity index (χ2n) is 3.49. The van der Waals surface area contributed by atoms with Gasteiger partial charge in [-0.1, -0.05) is 0 Å². The van der Waals surface area contributed by atoms with Gasteiger partial charge in [0.1, 0.15) is 0 Å². The van der Waals surface area contributed by atoms with E-state index >= 15 is 0 Å². The van der Waals surface area contributed by atoms with Crippen LogP contribution in [0.4, 0.5) is 9.93 Å². The maximum Gasteiger partial charge on any atom is 0.331 e. The number of rotatable bonds is 4. The number of hydrogen-bond donors (Lipinski definition) is 1. The molecule has 2 rings (SSSR count). The number of carbonyl (C=O) groups excluding carboxylic acids is 3. The Bertz CT molecular complexity index is 483. The Labute approximate surface area is 107 Å². The van der Waals surface area contributed by atoms with E-state index in [0.717, 1.165) is 16.2 Å². The number of nitrogens with one attached hydrogen (secondary N) is 1. The Hall–Kier alpha value is -1.96. The van der Waals surface area contributed by atoms with E-state index in [1.807, 2.05) is 0 Å². The highest BCUT2D eigenvalue weighted by atomic mass is 32.1. The first-order valence-corrected chi connectivity index (χ1v) is 6.20. The first kappa shape index (κ1) is 12.5. The molecule has 1 saturated heterocycles. The lowest BCUT2D eigenvalue weighted by molar-refractivity contribution is -0.142. The normalized spacial score (nSPS) is 14.8. The van der Waals surface area contributed by atoms with E-state index in [1.165, 1.54) is 0 Å². The van der Waals surface area contributed by atoms with E-state index in [0.29, 0.717) is 12.3 Å². The van der Waals surface area contributed by atoms with Crippen LogP contribution in [0.15, 0.2) is 5.38 Å². The van der Waals surface area contributed by atoms with Crippen molar-refractivity contribution in [2.75, 3.05) is 18.1 Å². The number of nitrogens with zero attached hydrogens (tertiary/aromatic N) is 2. The molecule has 0 unspecified atom stereocenters. The summed E-state index contributed by atoms with van der Waals surface area (Å²) in [6.07, 6.45) is 0.0357. The minimum absolute atomic E-state index is 0.0222. The van der Waals surface area contributed by atoms with Gasteiger partial charge in [0.15, 0.2) is 0 Å². The van der Waals surface area contributed by atoms with E-state index in [9.17, 15) is 14.4 Å². The minimum Gasteiger partial charge on any atom is -0.466 e. The van der Waals surface area contributed by atoms with Crippen LogP contribution in [0.2, 0.25) is 0 Å². The van der Waals surface area contributed by atoms with Gasteiger partial charge in [0, 0.05) is 5.38 Å². The summed E-state index contributed by atoms with van der Waals surface area (Å²) in [4.78, 5) is 39.1. The van der Waals surface area contributed by atoms with Gasteiger partial charge in [-0.15, -0.1) is 11.3 Å². The van der Waals surface area contributed by atoms with E-state index < -0.39 is 6.03 Å². The highest BCUT2D eigenvalue weighted by molar-refractivity contribution is 7.14. The Morgan fingerprint density at radius 2 is 2.39 bits per heavy atom. The van der Waals surface area contributed by atoms with Crippen molar-refractivity contribution in [3.8, 4) is 0 Å². The second-order valence-corrected chi connectivity index (χ2v) is 4.33. The molecule has 1 aromatic rings. The number of urea groups is 1. The summed E-state index contributed by atoms with van der Waals surface area (Å²) >= 11 is 1.14. The van der Waals surface area contributed by atoms with Crippen LogP contribution in [-0.2, 0) is 20.7 Å². The Morgan fingerprint density at radius 3 is 3.00 bits per heavy atom. The molecular formula is C10H11N3O4S. The van der Waals surface area contributed by atoms with E-state index in [-0.39, 0.29) is 30.0 Å². The number of carbonyl (C=O) groups is 3. The SMILES string of the molecule is CCOC(=O)Cc1csc(N2C(=O)CNC2=O)n1. The Kier molecular flexibility index (Phi) is 3.56. The summed E-state index contributed by atoms with van der Waals surface area (Å²) in [5.74, 6) is -0.733. The largest absolute Gasteiger partial charge is 0.466 e. The summed E-state index contributed by atoms with van der Waals surface area (Å²) in [7, 11) is 0. The van der Waals surface area contributed by atoms with Crippen molar-refractivity contribution < 1.29 is 19.1 Å². The van der Waals surface area contributed by atoms with Crippen LogP contribution >= 0.6 is 11.3 Å². The highest BCUT2D eigenvalue weighted by Crippen LogP contribution is 2.22. The first-order valence-electron chi connectivity index (χ1n) is 5.32. The first-order chi connectivity index (χ1) is 8.61. The molecule has 0 aromatic carbocycles. The van der Waals surface area contributed by atoms with Crippen LogP contribution in [-0.4, -0.2) is 36.0 Å². The Balaban J connectivity index is 2.08. The number of thiazole rings is 1. The number of anilines is 1. The number of amides is 3. The molecule has 0 atom stereocenters. The third-order valence-corrected chi connectivity index (χ3v) is 3.08. The van der Waals surface area contributed by atoms with Crippen molar-refractivity contribution in [3.63, 3.8) is 0 Å². The number of esters is 1. The summed E-state index contributed by atoms with van der Waals surface area (Å²) < 4.78 is 4.79. The standard InChI is InChI=1S/C10H11N3O4S/c1-2-17-8(15)3-6-5-18-10(12-6)13-7(14)4-11-9(13)16/h5H,2-4H2,1H3,(H,11,16). The fourth-order valence-electron chi connectivity index (χ4n) is 1.46. The van der Waals surface area contributed by atoms with Crippen molar-refractivity contribution in [1.82, 2.24) is 10.3 Å². The fraction of sp³-hybridized carbons (Fsp3) is 0.400. The zero-order valence-corrected chi connectivity index (χ0v) is 10.5. The smallest absolute Gasteiger partial charge is 0.331 e. The quantitative estimate of drug-likeness (QED) is 0.627. The second kappa shape index (κ2) is 5.13. The molecule has 3 amide bonds. The van der Waals surface area contributed by atoms with Gasteiger partial charge < -0.3 is 10.1 Å². The molecule has 1 N–H and O–H groups in total. The Morgan fingerprint density at radius 1 is 1.61 bits per heavy atom. The summed E-state index contributed by atoms with van der Waals surface area (Å²) in [6, 6.07) is -0.489. The molecule has 1 aromatic heterocycles. The third-order valence-electron chi connectivity index (χ3n) is 2.21. The van der Waals surface area contributed by atoms with E-state index in [1.54, 1.807) is 12.3 Å². The molecule has 0 aliphatic carbocycles. The fourth-order valence-corrected chi connectivity index (χ4v) is 2.29. The summed E-state index contributed by atoms with van der Waals surface area (Å²) in [5.41, 5.74) is 0.487. The highest BCUT2D eigenvalue weighted by Gasteiger charge is 2.32. The van der Waals surface area contributed by atoms with Crippen molar-refractivity contribution in [2.45, 2.75) is 13.3 Å². The van der Waals surface area contributed by atoms with Crippen molar-refractivity contribution >= 4 is 34.4 Å². The van der Waals surface area contributed by atoms with Gasteiger partial charge in [0.2, 0.25) is 5.13 Å². The van der Waals surface area contributed by atoms with Gasteiger partial charge in [-0.05, 0) is 6.92 Å². The van der Waals surface area contributed by atoms with Gasteiger partial charge in [-0.2, -0.15) is 0 Å². The van der Waals surface area contributed by atoms with Crippen LogP contribution in [0, 0.1) is 0 Å². The zero-order valence-electron chi connectivity index (χ0n) is 9.63. The zero-order chi connectivity index (χ0) is 13.1. The van der Waals surface area contributed by atoms with Gasteiger partial charge in [-0.25, -0.2) is 14.7 Å². The molecule has 96 valence electrons. The number of imide groups is 1. The molecule has 0 bridgehead atoms. The topological polar surface area (TPSA) is 88.6 Å². The molecule has 7 nitrogen and oxygen atoms in total. The maximum atomic E-state index is 11.4. The molecule has 1 fully saturated rings. The lowest BCUT2D eigenvalue weighted by Crippen LogP contribution is -2.30. The molecule has 0 spiro atoms. The van der Waals surface area contributed by atoms with Gasteiger partial charge >= 0.3 is 12.0 Å². The minimum atomic E-state index is -0.489. The van der Waals surface area contributed by atoms with Crippen molar-refractivity contribution in [3.05, 3.63) is 11.1 Å². The lowest BCUT2D eigenvalue weighted by Gasteiger charge is -2.06. The van der Waals surface area contributed by atoms with Crippen LogP contribution in [0.1, 0.15) is 12.6 Å². The predicted octanol–water partition coefficient (Wildman–Crippen LogP) is 0.305. The molecule has 1 aliphatic rings. The van der Waals surface area contributed by atoms with Crippen LogP contribution < -0.4 is 10.2 Å². The molecule has 0 saturated carbocycles. The summed E-state index contributed by atoms with van der Waals surface area (Å²) in [6.45, 7) is 2.01. The number of aromatic nitrogens is 1. The molecule has 2 heterocycles. The predicted molar refractivity (Wildman–Crippen MR) is 63.3 cm³/mol. The molecule has 0 radical (unpaired) electrons. The average molecular weight is 269 g/mol. The maximum absolute atomic E-state index is 11.4. The van der Waals surface area contributed by atoms with Crippen LogP contribution in [0.25, 0.3) is 0 Å². The molecule has 18 heavy (non-hydrogen) atoms. The van der Waals surface area contributed by atoms with Crippen LogP contribution in [0.3, 0.4) is 0 Å². The number of hydrogen-bond acceptors (Lipinski definition) is 6. The lowest BCUT2D eigenvalue weighted by atomic mass is 10.3. The summed E-state index contributed by atoms with van der Waals surface area (Å²) in [5, 5.41) is 4.30.